The predicted molar refractivity (Wildman–Crippen MR) is 164 cm³/mol. The van der Waals surface area contributed by atoms with Crippen LogP contribution in [0.15, 0.2) is 12.1 Å². The SMILES string of the molecule is Cc1ccc([C@H](CCN2C3CCC2CC(n2c(C)nc4c2CCN(C(=O)C(C)C)C4)C3)NC(=O)C2CCCCC2)s1. The van der Waals surface area contributed by atoms with Gasteiger partial charge in [-0.05, 0) is 70.9 Å². The Balaban J connectivity index is 1.11. The summed E-state index contributed by atoms with van der Waals surface area (Å²) in [4.78, 5) is 38.3. The van der Waals surface area contributed by atoms with Crippen LogP contribution in [0.25, 0.3) is 0 Å². The van der Waals surface area contributed by atoms with Gasteiger partial charge in [-0.2, -0.15) is 0 Å². The predicted octanol–water partition coefficient (Wildman–Crippen LogP) is 6.10. The average Bonchev–Trinajstić information content (AvgIpc) is 3.61. The maximum atomic E-state index is 13.2. The molecule has 2 aromatic heterocycles. The van der Waals surface area contributed by atoms with E-state index in [2.05, 4.69) is 40.8 Å². The highest BCUT2D eigenvalue weighted by atomic mass is 32.1. The number of hydrogen-bond donors (Lipinski definition) is 1. The van der Waals surface area contributed by atoms with E-state index in [4.69, 9.17) is 4.98 Å². The van der Waals surface area contributed by atoms with Gasteiger partial charge in [0.1, 0.15) is 5.82 Å². The molecule has 6 rings (SSSR count). The number of aromatic nitrogens is 2. The van der Waals surface area contributed by atoms with Crippen LogP contribution in [0, 0.1) is 25.7 Å². The Labute approximate surface area is 250 Å². The smallest absolute Gasteiger partial charge is 0.225 e. The number of piperidine rings is 1. The van der Waals surface area contributed by atoms with Gasteiger partial charge in [0.25, 0.3) is 0 Å². The lowest BCUT2D eigenvalue weighted by molar-refractivity contribution is -0.135. The van der Waals surface area contributed by atoms with Crippen molar-refractivity contribution in [3.05, 3.63) is 39.1 Å². The summed E-state index contributed by atoms with van der Waals surface area (Å²) in [5.41, 5.74) is 2.48. The number of hydrogen-bond acceptors (Lipinski definition) is 5. The van der Waals surface area contributed by atoms with Crippen molar-refractivity contribution < 1.29 is 9.59 Å². The minimum absolute atomic E-state index is 0.0312. The summed E-state index contributed by atoms with van der Waals surface area (Å²) >= 11 is 1.84. The number of nitrogens with one attached hydrogen (secondary N) is 1. The van der Waals surface area contributed by atoms with Crippen molar-refractivity contribution in [2.24, 2.45) is 11.8 Å². The third kappa shape index (κ3) is 6.01. The first-order chi connectivity index (χ1) is 19.8. The summed E-state index contributed by atoms with van der Waals surface area (Å²) in [5.74, 6) is 1.85. The normalized spacial score (nSPS) is 25.9. The van der Waals surface area contributed by atoms with Crippen LogP contribution in [-0.4, -0.2) is 56.3 Å². The van der Waals surface area contributed by atoms with E-state index in [1.165, 1.54) is 60.4 Å². The Kier molecular flexibility index (Phi) is 8.60. The van der Waals surface area contributed by atoms with E-state index < -0.39 is 0 Å². The number of carbonyl (C=O) groups excluding carboxylic acids is 2. The molecule has 7 nitrogen and oxygen atoms in total. The molecule has 1 N–H and O–H groups in total. The number of thiophene rings is 1. The highest BCUT2D eigenvalue weighted by molar-refractivity contribution is 7.12. The lowest BCUT2D eigenvalue weighted by Crippen LogP contribution is -2.45. The molecule has 2 amide bonds. The van der Waals surface area contributed by atoms with Gasteiger partial charge in [0.05, 0.1) is 18.3 Å². The molecule has 0 radical (unpaired) electrons. The van der Waals surface area contributed by atoms with Gasteiger partial charge in [0, 0.05) is 64.9 Å². The van der Waals surface area contributed by atoms with Gasteiger partial charge < -0.3 is 14.8 Å². The summed E-state index contributed by atoms with van der Waals surface area (Å²) < 4.78 is 2.55. The van der Waals surface area contributed by atoms with Crippen molar-refractivity contribution in [1.29, 1.82) is 0 Å². The Morgan fingerprint density at radius 2 is 1.76 bits per heavy atom. The number of rotatable bonds is 8. The van der Waals surface area contributed by atoms with Crippen LogP contribution in [-0.2, 0) is 22.6 Å². The lowest BCUT2D eigenvalue weighted by Gasteiger charge is -2.41. The first kappa shape index (κ1) is 28.9. The van der Waals surface area contributed by atoms with E-state index in [-0.39, 0.29) is 29.7 Å². The molecule has 4 aliphatic rings. The molecule has 3 fully saturated rings. The third-order valence-corrected chi connectivity index (χ3v) is 11.4. The zero-order chi connectivity index (χ0) is 28.7. The zero-order valence-electron chi connectivity index (χ0n) is 25.5. The first-order valence-electron chi connectivity index (χ1n) is 16.3. The molecule has 5 heterocycles. The van der Waals surface area contributed by atoms with Crippen molar-refractivity contribution in [2.45, 2.75) is 129 Å². The molecule has 2 bridgehead atoms. The van der Waals surface area contributed by atoms with Crippen LogP contribution >= 0.6 is 11.3 Å². The van der Waals surface area contributed by atoms with E-state index in [9.17, 15) is 9.59 Å². The Hall–Kier alpha value is -2.19. The van der Waals surface area contributed by atoms with Gasteiger partial charge in [-0.1, -0.05) is 33.1 Å². The second-order valence-corrected chi connectivity index (χ2v) is 14.8. The van der Waals surface area contributed by atoms with Crippen LogP contribution in [0.5, 0.6) is 0 Å². The Morgan fingerprint density at radius 1 is 1.02 bits per heavy atom. The second kappa shape index (κ2) is 12.2. The van der Waals surface area contributed by atoms with Crippen molar-refractivity contribution in [3.63, 3.8) is 0 Å². The Morgan fingerprint density at radius 3 is 2.41 bits per heavy atom. The summed E-state index contributed by atoms with van der Waals surface area (Å²) in [5, 5.41) is 3.50. The fraction of sp³-hybridized carbons (Fsp3) is 0.727. The number of aryl methyl sites for hydroxylation is 2. The van der Waals surface area contributed by atoms with Crippen LogP contribution < -0.4 is 5.32 Å². The highest BCUT2D eigenvalue weighted by Crippen LogP contribution is 2.43. The number of fused-ring (bicyclic) bond motifs is 3. The molecule has 41 heavy (non-hydrogen) atoms. The molecule has 3 atom stereocenters. The quantitative estimate of drug-likeness (QED) is 0.410. The minimum atomic E-state index is 0.0312. The molecule has 2 saturated heterocycles. The molecule has 0 aromatic carbocycles. The highest BCUT2D eigenvalue weighted by Gasteiger charge is 2.42. The monoisotopic (exact) mass is 579 g/mol. The topological polar surface area (TPSA) is 70.5 Å². The van der Waals surface area contributed by atoms with Gasteiger partial charge in [0.15, 0.2) is 0 Å². The summed E-state index contributed by atoms with van der Waals surface area (Å²) in [6.07, 6.45) is 12.5. The number of nitrogens with zero attached hydrogens (tertiary/aromatic N) is 4. The lowest BCUT2D eigenvalue weighted by atomic mass is 9.88. The van der Waals surface area contributed by atoms with Gasteiger partial charge in [0.2, 0.25) is 11.8 Å². The standard InChI is InChI=1S/C33H49N5O2S/c1-21(2)33(40)36-16-15-30-29(20-36)34-23(4)38(30)27-18-25-11-12-26(19-27)37(25)17-14-28(31-13-10-22(3)41-31)35-32(39)24-8-6-5-7-9-24/h10,13,21,24-28H,5-9,11-12,14-20H2,1-4H3,(H,35,39)/t25?,26?,27?,28-/m0/s1. The molecule has 1 saturated carbocycles. The molecule has 8 heteroatoms. The zero-order valence-corrected chi connectivity index (χ0v) is 26.3. The summed E-state index contributed by atoms with van der Waals surface area (Å²) in [6.45, 7) is 10.8. The minimum Gasteiger partial charge on any atom is -0.348 e. The maximum Gasteiger partial charge on any atom is 0.225 e. The average molecular weight is 580 g/mol. The largest absolute Gasteiger partial charge is 0.348 e. The van der Waals surface area contributed by atoms with Crippen LogP contribution in [0.2, 0.25) is 0 Å². The van der Waals surface area contributed by atoms with E-state index in [1.54, 1.807) is 0 Å². The van der Waals surface area contributed by atoms with Crippen LogP contribution in [0.4, 0.5) is 0 Å². The van der Waals surface area contributed by atoms with Gasteiger partial charge >= 0.3 is 0 Å². The van der Waals surface area contributed by atoms with Crippen LogP contribution in [0.3, 0.4) is 0 Å². The molecular formula is C33H49N5O2S. The van der Waals surface area contributed by atoms with Crippen molar-refractivity contribution >= 4 is 23.2 Å². The molecular weight excluding hydrogens is 530 g/mol. The third-order valence-electron chi connectivity index (χ3n) is 10.3. The van der Waals surface area contributed by atoms with Crippen molar-refractivity contribution in [1.82, 2.24) is 24.7 Å². The van der Waals surface area contributed by atoms with Gasteiger partial charge in [-0.15, -0.1) is 11.3 Å². The summed E-state index contributed by atoms with van der Waals surface area (Å²) in [6, 6.07) is 6.22. The maximum absolute atomic E-state index is 13.2. The molecule has 2 unspecified atom stereocenters. The van der Waals surface area contributed by atoms with E-state index in [0.29, 0.717) is 24.7 Å². The van der Waals surface area contributed by atoms with Gasteiger partial charge in [-0.25, -0.2) is 4.98 Å². The van der Waals surface area contributed by atoms with Gasteiger partial charge in [-0.3, -0.25) is 14.5 Å². The van der Waals surface area contributed by atoms with E-state index >= 15 is 0 Å². The fourth-order valence-corrected chi connectivity index (χ4v) is 9.22. The number of amides is 2. The first-order valence-corrected chi connectivity index (χ1v) is 17.1. The Bertz CT molecular complexity index is 1230. The molecule has 0 spiro atoms. The van der Waals surface area contributed by atoms with Crippen LogP contribution in [0.1, 0.15) is 117 Å². The molecule has 224 valence electrons. The van der Waals surface area contributed by atoms with E-state index in [0.717, 1.165) is 50.3 Å². The fourth-order valence-electron chi connectivity index (χ4n) is 8.26. The van der Waals surface area contributed by atoms with E-state index in [1.807, 2.05) is 30.1 Å². The molecule has 2 aromatic rings. The van der Waals surface area contributed by atoms with Crippen molar-refractivity contribution in [2.75, 3.05) is 13.1 Å². The second-order valence-electron chi connectivity index (χ2n) is 13.5. The van der Waals surface area contributed by atoms with Crippen molar-refractivity contribution in [3.8, 4) is 0 Å². The molecule has 3 aliphatic heterocycles. The summed E-state index contributed by atoms with van der Waals surface area (Å²) in [7, 11) is 0. The number of carbonyl (C=O) groups is 2. The molecule has 1 aliphatic carbocycles. The number of imidazole rings is 1.